The molecule has 0 spiro atoms. The molecule has 0 fully saturated rings. The molecule has 7 nitrogen and oxygen atoms in total. The van der Waals surface area contributed by atoms with Crippen LogP contribution in [-0.2, 0) is 11.2 Å². The highest BCUT2D eigenvalue weighted by Crippen LogP contribution is 2.04. The predicted octanol–water partition coefficient (Wildman–Crippen LogP) is 1.11. The summed E-state index contributed by atoms with van der Waals surface area (Å²) in [4.78, 5) is 31.7. The Morgan fingerprint density at radius 2 is 2.16 bits per heavy atom. The summed E-state index contributed by atoms with van der Waals surface area (Å²) in [5.74, 6) is 0.392. The minimum absolute atomic E-state index is 0.136. The Balaban J connectivity index is 2.32. The first-order valence-corrected chi connectivity index (χ1v) is 6.42. The first-order valence-electron chi connectivity index (χ1n) is 6.42. The molecule has 102 valence electrons. The first-order chi connectivity index (χ1) is 9.13. The van der Waals surface area contributed by atoms with E-state index in [4.69, 9.17) is 0 Å². The number of aromatic nitrogens is 4. The lowest BCUT2D eigenvalue weighted by Crippen LogP contribution is -2.16. The second kappa shape index (κ2) is 5.64. The van der Waals surface area contributed by atoms with Crippen molar-refractivity contribution in [3.63, 3.8) is 0 Å². The van der Waals surface area contributed by atoms with E-state index in [1.807, 2.05) is 13.8 Å². The third-order valence-electron chi connectivity index (χ3n) is 2.62. The number of nitrogens with one attached hydrogen (secondary N) is 2. The SMILES string of the molecule is CCCC(=O)Nc1nc2nc(CCC)cc(=O)n2[nH]1. The molecule has 0 saturated heterocycles. The van der Waals surface area contributed by atoms with Crippen molar-refractivity contribution >= 4 is 17.6 Å². The lowest BCUT2D eigenvalue weighted by Gasteiger charge is -1.97. The summed E-state index contributed by atoms with van der Waals surface area (Å²) < 4.78 is 1.22. The smallest absolute Gasteiger partial charge is 0.274 e. The minimum Gasteiger partial charge on any atom is -0.295 e. The average Bonchev–Trinajstić information content (AvgIpc) is 2.72. The van der Waals surface area contributed by atoms with Crippen LogP contribution in [0.25, 0.3) is 5.78 Å². The second-order valence-electron chi connectivity index (χ2n) is 4.34. The molecule has 0 aliphatic rings. The Labute approximate surface area is 110 Å². The van der Waals surface area contributed by atoms with Crippen molar-refractivity contribution in [2.24, 2.45) is 0 Å². The standard InChI is InChI=1S/C12H17N5O2/c1-3-5-8-7-10(19)17-12(13-8)15-11(16-17)14-9(18)6-4-2/h7H,3-6H2,1-2H3,(H2,13,14,15,16,18). The Bertz CT molecular complexity index is 643. The van der Waals surface area contributed by atoms with Gasteiger partial charge in [0.05, 0.1) is 5.69 Å². The summed E-state index contributed by atoms with van der Waals surface area (Å²) in [6, 6.07) is 1.48. The van der Waals surface area contributed by atoms with Gasteiger partial charge in [-0.3, -0.25) is 20.0 Å². The van der Waals surface area contributed by atoms with Gasteiger partial charge in [-0.1, -0.05) is 20.3 Å². The minimum atomic E-state index is -0.225. The quantitative estimate of drug-likeness (QED) is 0.845. The van der Waals surface area contributed by atoms with Gasteiger partial charge in [0.1, 0.15) is 0 Å². The number of rotatable bonds is 5. The molecule has 7 heteroatoms. The van der Waals surface area contributed by atoms with Crippen LogP contribution < -0.4 is 10.9 Å². The van der Waals surface area contributed by atoms with Gasteiger partial charge in [-0.2, -0.15) is 9.50 Å². The van der Waals surface area contributed by atoms with E-state index in [1.54, 1.807) is 0 Å². The van der Waals surface area contributed by atoms with E-state index in [0.29, 0.717) is 12.1 Å². The van der Waals surface area contributed by atoms with Crippen LogP contribution in [0.4, 0.5) is 5.95 Å². The Morgan fingerprint density at radius 1 is 1.37 bits per heavy atom. The van der Waals surface area contributed by atoms with E-state index >= 15 is 0 Å². The zero-order chi connectivity index (χ0) is 13.8. The van der Waals surface area contributed by atoms with Gasteiger partial charge in [-0.25, -0.2) is 4.98 Å². The molecular formula is C12H17N5O2. The number of fused-ring (bicyclic) bond motifs is 1. The van der Waals surface area contributed by atoms with Gasteiger partial charge in [-0.05, 0) is 12.8 Å². The fourth-order valence-corrected chi connectivity index (χ4v) is 1.79. The maximum atomic E-state index is 11.8. The monoisotopic (exact) mass is 263 g/mol. The average molecular weight is 263 g/mol. The van der Waals surface area contributed by atoms with Crippen LogP contribution in [0, 0.1) is 0 Å². The first kappa shape index (κ1) is 13.3. The van der Waals surface area contributed by atoms with Crippen molar-refractivity contribution in [1.29, 1.82) is 0 Å². The van der Waals surface area contributed by atoms with Gasteiger partial charge in [0, 0.05) is 12.5 Å². The zero-order valence-corrected chi connectivity index (χ0v) is 11.1. The van der Waals surface area contributed by atoms with Crippen molar-refractivity contribution in [2.75, 3.05) is 5.32 Å². The molecular weight excluding hydrogens is 246 g/mol. The van der Waals surface area contributed by atoms with Crippen LogP contribution in [0.3, 0.4) is 0 Å². The molecule has 0 bridgehead atoms. The number of anilines is 1. The van der Waals surface area contributed by atoms with Crippen LogP contribution in [0.1, 0.15) is 38.8 Å². The number of hydrogen-bond donors (Lipinski definition) is 2. The van der Waals surface area contributed by atoms with Gasteiger partial charge < -0.3 is 0 Å². The topological polar surface area (TPSA) is 92.2 Å². The number of carbonyl (C=O) groups excluding carboxylic acids is 1. The number of H-pyrrole nitrogens is 1. The Morgan fingerprint density at radius 3 is 2.84 bits per heavy atom. The van der Waals surface area contributed by atoms with Crippen LogP contribution in [0.5, 0.6) is 0 Å². The molecule has 0 atom stereocenters. The van der Waals surface area contributed by atoms with Gasteiger partial charge >= 0.3 is 0 Å². The van der Waals surface area contributed by atoms with Crippen molar-refractivity contribution in [1.82, 2.24) is 19.6 Å². The normalized spacial score (nSPS) is 10.8. The van der Waals surface area contributed by atoms with Crippen LogP contribution >= 0.6 is 0 Å². The highest BCUT2D eigenvalue weighted by molar-refractivity contribution is 5.88. The number of hydrogen-bond acceptors (Lipinski definition) is 4. The van der Waals surface area contributed by atoms with E-state index in [9.17, 15) is 9.59 Å². The molecule has 1 amide bonds. The summed E-state index contributed by atoms with van der Waals surface area (Å²) in [6.45, 7) is 3.94. The zero-order valence-electron chi connectivity index (χ0n) is 11.1. The molecule has 0 saturated carbocycles. The molecule has 0 aliphatic carbocycles. The third kappa shape index (κ3) is 2.98. The highest BCUT2D eigenvalue weighted by Gasteiger charge is 2.09. The summed E-state index contributed by atoms with van der Waals surface area (Å²) in [5, 5.41) is 5.33. The van der Waals surface area contributed by atoms with Crippen molar-refractivity contribution < 1.29 is 4.79 Å². The van der Waals surface area contributed by atoms with Gasteiger partial charge in [-0.15, -0.1) is 0 Å². The summed E-state index contributed by atoms with van der Waals surface area (Å²) in [6.07, 6.45) is 2.81. The molecule has 0 aliphatic heterocycles. The number of carbonyl (C=O) groups is 1. The Hall–Kier alpha value is -2.18. The third-order valence-corrected chi connectivity index (χ3v) is 2.62. The fraction of sp³-hybridized carbons (Fsp3) is 0.500. The van der Waals surface area contributed by atoms with Gasteiger partial charge in [0.25, 0.3) is 11.3 Å². The largest absolute Gasteiger partial charge is 0.295 e. The van der Waals surface area contributed by atoms with E-state index in [2.05, 4.69) is 20.4 Å². The Kier molecular flexibility index (Phi) is 3.94. The molecule has 2 rings (SSSR count). The molecule has 2 N–H and O–H groups in total. The number of amides is 1. The van der Waals surface area contributed by atoms with E-state index in [-0.39, 0.29) is 23.2 Å². The molecule has 0 unspecified atom stereocenters. The van der Waals surface area contributed by atoms with Crippen LogP contribution in [0.2, 0.25) is 0 Å². The van der Waals surface area contributed by atoms with Crippen LogP contribution in [-0.4, -0.2) is 25.5 Å². The maximum Gasteiger partial charge on any atom is 0.274 e. The van der Waals surface area contributed by atoms with Gasteiger partial charge in [0.15, 0.2) is 0 Å². The van der Waals surface area contributed by atoms with Gasteiger partial charge in [0.2, 0.25) is 11.9 Å². The predicted molar refractivity (Wildman–Crippen MR) is 71.1 cm³/mol. The summed E-state index contributed by atoms with van der Waals surface area (Å²) in [7, 11) is 0. The molecule has 2 heterocycles. The number of aryl methyl sites for hydroxylation is 1. The van der Waals surface area contributed by atoms with Crippen molar-refractivity contribution in [2.45, 2.75) is 39.5 Å². The maximum absolute atomic E-state index is 11.8. The van der Waals surface area contributed by atoms with Crippen LogP contribution in [0.15, 0.2) is 10.9 Å². The molecule has 19 heavy (non-hydrogen) atoms. The van der Waals surface area contributed by atoms with Crippen molar-refractivity contribution in [3.8, 4) is 0 Å². The lowest BCUT2D eigenvalue weighted by molar-refractivity contribution is -0.116. The van der Waals surface area contributed by atoms with E-state index < -0.39 is 0 Å². The molecule has 0 aromatic carbocycles. The number of aromatic amines is 1. The number of nitrogens with zero attached hydrogens (tertiary/aromatic N) is 3. The molecule has 2 aromatic heterocycles. The molecule has 0 radical (unpaired) electrons. The lowest BCUT2D eigenvalue weighted by atomic mass is 10.2. The summed E-state index contributed by atoms with van der Waals surface area (Å²) >= 11 is 0. The van der Waals surface area contributed by atoms with Crippen molar-refractivity contribution in [3.05, 3.63) is 22.1 Å². The fourth-order valence-electron chi connectivity index (χ4n) is 1.79. The summed E-state index contributed by atoms with van der Waals surface area (Å²) in [5.41, 5.74) is 0.488. The van der Waals surface area contributed by atoms with E-state index in [1.165, 1.54) is 10.6 Å². The molecule has 2 aromatic rings. The second-order valence-corrected chi connectivity index (χ2v) is 4.34. The highest BCUT2D eigenvalue weighted by atomic mass is 16.2. The van der Waals surface area contributed by atoms with E-state index in [0.717, 1.165) is 19.3 Å².